The lowest BCUT2D eigenvalue weighted by Gasteiger charge is -2.33. The minimum atomic E-state index is -0.277. The van der Waals surface area contributed by atoms with E-state index >= 15 is 0 Å². The van der Waals surface area contributed by atoms with Crippen molar-refractivity contribution in [2.45, 2.75) is 51.2 Å². The SMILES string of the molecule is O=C(OCc1ccccc1)N1CCc2ccccc2C1C#CC1CCCCC1. The molecule has 1 fully saturated rings. The Labute approximate surface area is 167 Å². The van der Waals surface area contributed by atoms with Gasteiger partial charge in [0.05, 0.1) is 0 Å². The van der Waals surface area contributed by atoms with Crippen molar-refractivity contribution < 1.29 is 9.53 Å². The Bertz CT molecular complexity index is 859. The van der Waals surface area contributed by atoms with E-state index in [0.717, 1.165) is 17.5 Å². The van der Waals surface area contributed by atoms with Gasteiger partial charge in [0.1, 0.15) is 12.6 Å². The predicted octanol–water partition coefficient (Wildman–Crippen LogP) is 5.51. The molecule has 4 rings (SSSR count). The number of carbonyl (C=O) groups is 1. The van der Waals surface area contributed by atoms with Crippen molar-refractivity contribution in [1.29, 1.82) is 0 Å². The fraction of sp³-hybridized carbons (Fsp3) is 0.400. The van der Waals surface area contributed by atoms with Crippen LogP contribution in [-0.2, 0) is 17.8 Å². The normalized spacial score (nSPS) is 19.3. The maximum atomic E-state index is 12.9. The number of carbonyl (C=O) groups excluding carboxylic acids is 1. The molecule has 1 saturated carbocycles. The molecule has 3 heteroatoms. The average Bonchev–Trinajstić information content (AvgIpc) is 2.77. The Balaban J connectivity index is 1.52. The molecule has 1 aliphatic heterocycles. The maximum absolute atomic E-state index is 12.9. The topological polar surface area (TPSA) is 29.5 Å². The Morgan fingerprint density at radius 1 is 0.964 bits per heavy atom. The van der Waals surface area contributed by atoms with Gasteiger partial charge in [0, 0.05) is 12.5 Å². The Kier molecular flexibility index (Phi) is 5.97. The maximum Gasteiger partial charge on any atom is 0.411 e. The molecule has 3 nitrogen and oxygen atoms in total. The second kappa shape index (κ2) is 8.97. The molecule has 1 atom stereocenters. The zero-order valence-corrected chi connectivity index (χ0v) is 16.3. The smallest absolute Gasteiger partial charge is 0.411 e. The molecule has 2 aliphatic rings. The molecule has 0 saturated heterocycles. The first-order valence-corrected chi connectivity index (χ1v) is 10.4. The summed E-state index contributed by atoms with van der Waals surface area (Å²) in [5.74, 6) is 7.41. The molecule has 2 aromatic carbocycles. The van der Waals surface area contributed by atoms with E-state index in [1.54, 1.807) is 4.90 Å². The van der Waals surface area contributed by atoms with Crippen molar-refractivity contribution in [2.75, 3.05) is 6.54 Å². The lowest BCUT2D eigenvalue weighted by atomic mass is 9.88. The van der Waals surface area contributed by atoms with Crippen LogP contribution in [0.2, 0.25) is 0 Å². The van der Waals surface area contributed by atoms with Crippen LogP contribution in [0.4, 0.5) is 4.79 Å². The standard InChI is InChI=1S/C25H27NO2/c27-25(28-19-21-11-5-2-6-12-21)26-18-17-22-13-7-8-14-23(22)24(26)16-15-20-9-3-1-4-10-20/h2,5-8,11-14,20,24H,1,3-4,9-10,17-19H2. The monoisotopic (exact) mass is 373 g/mol. The quantitative estimate of drug-likeness (QED) is 0.650. The molecule has 0 aromatic heterocycles. The van der Waals surface area contributed by atoms with E-state index in [0.29, 0.717) is 19.1 Å². The molecule has 1 unspecified atom stereocenters. The number of hydrogen-bond acceptors (Lipinski definition) is 2. The second-order valence-electron chi connectivity index (χ2n) is 7.71. The third-order valence-corrected chi connectivity index (χ3v) is 5.75. The summed E-state index contributed by atoms with van der Waals surface area (Å²) in [7, 11) is 0. The van der Waals surface area contributed by atoms with Crippen LogP contribution in [0.3, 0.4) is 0 Å². The largest absolute Gasteiger partial charge is 0.445 e. The highest BCUT2D eigenvalue weighted by Crippen LogP contribution is 2.31. The minimum absolute atomic E-state index is 0.213. The van der Waals surface area contributed by atoms with Gasteiger partial charge in [0.2, 0.25) is 0 Å². The van der Waals surface area contributed by atoms with E-state index < -0.39 is 0 Å². The summed E-state index contributed by atoms with van der Waals surface area (Å²) in [5, 5.41) is 0. The Morgan fingerprint density at radius 2 is 1.71 bits per heavy atom. The molecular formula is C25H27NO2. The number of ether oxygens (including phenoxy) is 1. The molecular weight excluding hydrogens is 346 g/mol. The molecule has 0 radical (unpaired) electrons. The van der Waals surface area contributed by atoms with Crippen LogP contribution in [0.25, 0.3) is 0 Å². The molecule has 0 N–H and O–H groups in total. The number of hydrogen-bond donors (Lipinski definition) is 0. The van der Waals surface area contributed by atoms with Gasteiger partial charge in [-0.05, 0) is 36.0 Å². The van der Waals surface area contributed by atoms with Crippen LogP contribution in [0.5, 0.6) is 0 Å². The van der Waals surface area contributed by atoms with Gasteiger partial charge in [-0.3, -0.25) is 4.90 Å². The van der Waals surface area contributed by atoms with Crippen LogP contribution in [0, 0.1) is 17.8 Å². The first-order chi connectivity index (χ1) is 13.8. The lowest BCUT2D eigenvalue weighted by molar-refractivity contribution is 0.0862. The molecule has 1 heterocycles. The first-order valence-electron chi connectivity index (χ1n) is 10.4. The van der Waals surface area contributed by atoms with Crippen LogP contribution < -0.4 is 0 Å². The van der Waals surface area contributed by atoms with Gasteiger partial charge in [-0.2, -0.15) is 0 Å². The summed E-state index contributed by atoms with van der Waals surface area (Å²) >= 11 is 0. The van der Waals surface area contributed by atoms with Crippen LogP contribution in [0.15, 0.2) is 54.6 Å². The molecule has 1 aliphatic carbocycles. The zero-order chi connectivity index (χ0) is 19.2. The number of amides is 1. The van der Waals surface area contributed by atoms with Crippen molar-refractivity contribution >= 4 is 6.09 Å². The highest BCUT2D eigenvalue weighted by Gasteiger charge is 2.30. The van der Waals surface area contributed by atoms with E-state index in [4.69, 9.17) is 4.74 Å². The second-order valence-corrected chi connectivity index (χ2v) is 7.71. The van der Waals surface area contributed by atoms with Crippen molar-refractivity contribution in [3.05, 3.63) is 71.3 Å². The number of rotatable bonds is 2. The molecule has 0 spiro atoms. The van der Waals surface area contributed by atoms with Crippen molar-refractivity contribution in [1.82, 2.24) is 4.90 Å². The van der Waals surface area contributed by atoms with Crippen molar-refractivity contribution in [3.8, 4) is 11.8 Å². The predicted molar refractivity (Wildman–Crippen MR) is 111 cm³/mol. The Morgan fingerprint density at radius 3 is 2.54 bits per heavy atom. The third-order valence-electron chi connectivity index (χ3n) is 5.75. The summed E-state index contributed by atoms with van der Waals surface area (Å²) in [6.07, 6.45) is 6.79. The van der Waals surface area contributed by atoms with Gasteiger partial charge in [-0.25, -0.2) is 4.79 Å². The summed E-state index contributed by atoms with van der Waals surface area (Å²) in [6.45, 7) is 0.940. The highest BCUT2D eigenvalue weighted by molar-refractivity contribution is 5.70. The summed E-state index contributed by atoms with van der Waals surface area (Å²) in [4.78, 5) is 14.7. The molecule has 28 heavy (non-hydrogen) atoms. The van der Waals surface area contributed by atoms with E-state index in [2.05, 4.69) is 30.0 Å². The highest BCUT2D eigenvalue weighted by atomic mass is 16.6. The van der Waals surface area contributed by atoms with Crippen molar-refractivity contribution in [2.24, 2.45) is 5.92 Å². The van der Waals surface area contributed by atoms with Crippen LogP contribution in [-0.4, -0.2) is 17.5 Å². The lowest BCUT2D eigenvalue weighted by Crippen LogP contribution is -2.39. The minimum Gasteiger partial charge on any atom is -0.445 e. The van der Waals surface area contributed by atoms with Crippen LogP contribution >= 0.6 is 0 Å². The van der Waals surface area contributed by atoms with Gasteiger partial charge in [0.15, 0.2) is 0 Å². The van der Waals surface area contributed by atoms with Crippen LogP contribution in [0.1, 0.15) is 54.8 Å². The average molecular weight is 373 g/mol. The molecule has 1 amide bonds. The van der Waals surface area contributed by atoms with Gasteiger partial charge < -0.3 is 4.74 Å². The van der Waals surface area contributed by atoms with Gasteiger partial charge in [0.25, 0.3) is 0 Å². The summed E-state index contributed by atoms with van der Waals surface area (Å²) < 4.78 is 5.62. The van der Waals surface area contributed by atoms with Crippen molar-refractivity contribution in [3.63, 3.8) is 0 Å². The van der Waals surface area contributed by atoms with E-state index in [1.807, 2.05) is 36.4 Å². The third kappa shape index (κ3) is 4.39. The molecule has 0 bridgehead atoms. The summed E-state index contributed by atoms with van der Waals surface area (Å²) in [5.41, 5.74) is 3.43. The zero-order valence-electron chi connectivity index (χ0n) is 16.3. The van der Waals surface area contributed by atoms with Gasteiger partial charge in [-0.1, -0.05) is 85.7 Å². The van der Waals surface area contributed by atoms with E-state index in [1.165, 1.54) is 37.7 Å². The van der Waals surface area contributed by atoms with Gasteiger partial charge in [-0.15, -0.1) is 0 Å². The summed E-state index contributed by atoms with van der Waals surface area (Å²) in [6, 6.07) is 18.0. The number of fused-ring (bicyclic) bond motifs is 1. The fourth-order valence-corrected chi connectivity index (χ4v) is 4.16. The number of nitrogens with zero attached hydrogens (tertiary/aromatic N) is 1. The van der Waals surface area contributed by atoms with E-state index in [9.17, 15) is 4.79 Å². The fourth-order valence-electron chi connectivity index (χ4n) is 4.16. The Hall–Kier alpha value is -2.73. The first kappa shape index (κ1) is 18.6. The van der Waals surface area contributed by atoms with E-state index in [-0.39, 0.29) is 12.1 Å². The molecule has 144 valence electrons. The van der Waals surface area contributed by atoms with Gasteiger partial charge >= 0.3 is 6.09 Å². The number of benzene rings is 2. The molecule has 2 aromatic rings.